The van der Waals surface area contributed by atoms with E-state index >= 15 is 0 Å². The fraction of sp³-hybridized carbons (Fsp3) is 0.467. The monoisotopic (exact) mass is 307 g/mol. The van der Waals surface area contributed by atoms with E-state index in [2.05, 4.69) is 10.5 Å². The number of aromatic nitrogens is 2. The van der Waals surface area contributed by atoms with Crippen LogP contribution in [0.25, 0.3) is 0 Å². The lowest BCUT2D eigenvalue weighted by atomic mass is 10.3. The summed E-state index contributed by atoms with van der Waals surface area (Å²) in [5, 5.41) is 8.43. The smallest absolute Gasteiger partial charge is 0.274 e. The van der Waals surface area contributed by atoms with Crippen molar-refractivity contribution in [1.29, 1.82) is 0 Å². The Balaban J connectivity index is 2.12. The maximum atomic E-state index is 12.6. The van der Waals surface area contributed by atoms with Gasteiger partial charge >= 0.3 is 0 Å². The summed E-state index contributed by atoms with van der Waals surface area (Å²) >= 11 is 1.63. The second kappa shape index (κ2) is 7.38. The summed E-state index contributed by atoms with van der Waals surface area (Å²) in [5.41, 5.74) is 1.61. The molecule has 2 rings (SSSR count). The first-order chi connectivity index (χ1) is 10.1. The average molecular weight is 307 g/mol. The largest absolute Gasteiger partial charge is 0.383 e. The highest BCUT2D eigenvalue weighted by molar-refractivity contribution is 7.07. The SMILES string of the molecule is COCCN(Cc1ccsc1)C(=O)c1ccn(C(C)C)n1. The molecule has 5 nitrogen and oxygen atoms in total. The lowest BCUT2D eigenvalue weighted by molar-refractivity contribution is 0.0673. The highest BCUT2D eigenvalue weighted by Gasteiger charge is 2.19. The highest BCUT2D eigenvalue weighted by Crippen LogP contribution is 2.13. The fourth-order valence-electron chi connectivity index (χ4n) is 1.96. The van der Waals surface area contributed by atoms with Crippen LogP contribution in [0.5, 0.6) is 0 Å². The Morgan fingerprint density at radius 3 is 2.86 bits per heavy atom. The number of methoxy groups -OCH3 is 1. The van der Waals surface area contributed by atoms with Crippen molar-refractivity contribution < 1.29 is 9.53 Å². The third-order valence-corrected chi connectivity index (χ3v) is 3.89. The third kappa shape index (κ3) is 4.15. The van der Waals surface area contributed by atoms with Crippen molar-refractivity contribution in [1.82, 2.24) is 14.7 Å². The van der Waals surface area contributed by atoms with Crippen molar-refractivity contribution in [3.05, 3.63) is 40.3 Å². The molecule has 2 heterocycles. The standard InChI is InChI=1S/C15H21N3O2S/c1-12(2)18-6-4-14(16-18)15(19)17(7-8-20-3)10-13-5-9-21-11-13/h4-6,9,11-12H,7-8,10H2,1-3H3. The van der Waals surface area contributed by atoms with Crippen LogP contribution in [-0.2, 0) is 11.3 Å². The molecule has 0 unspecified atom stereocenters. The molecule has 2 aromatic heterocycles. The first kappa shape index (κ1) is 15.7. The molecular weight excluding hydrogens is 286 g/mol. The maximum absolute atomic E-state index is 12.6. The quantitative estimate of drug-likeness (QED) is 0.790. The normalized spacial score (nSPS) is 11.0. The zero-order valence-corrected chi connectivity index (χ0v) is 13.5. The molecule has 21 heavy (non-hydrogen) atoms. The predicted octanol–water partition coefficient (Wildman–Crippen LogP) is 2.81. The summed E-state index contributed by atoms with van der Waals surface area (Å²) in [7, 11) is 1.64. The van der Waals surface area contributed by atoms with Crippen LogP contribution in [0.3, 0.4) is 0 Å². The summed E-state index contributed by atoms with van der Waals surface area (Å²) in [6.45, 7) is 5.73. The van der Waals surface area contributed by atoms with Crippen molar-refractivity contribution in [3.63, 3.8) is 0 Å². The van der Waals surface area contributed by atoms with Gasteiger partial charge in [-0.05, 0) is 42.3 Å². The van der Waals surface area contributed by atoms with E-state index in [0.29, 0.717) is 25.4 Å². The summed E-state index contributed by atoms with van der Waals surface area (Å²) in [5.74, 6) is -0.0577. The number of rotatable bonds is 7. The van der Waals surface area contributed by atoms with E-state index < -0.39 is 0 Å². The molecule has 0 fully saturated rings. The van der Waals surface area contributed by atoms with Crippen LogP contribution >= 0.6 is 11.3 Å². The summed E-state index contributed by atoms with van der Waals surface area (Å²) in [6, 6.07) is 4.05. The van der Waals surface area contributed by atoms with Gasteiger partial charge in [0.25, 0.3) is 5.91 Å². The maximum Gasteiger partial charge on any atom is 0.274 e. The third-order valence-electron chi connectivity index (χ3n) is 3.16. The number of thiophene rings is 1. The van der Waals surface area contributed by atoms with E-state index in [1.165, 1.54) is 0 Å². The van der Waals surface area contributed by atoms with Gasteiger partial charge < -0.3 is 9.64 Å². The van der Waals surface area contributed by atoms with E-state index in [1.807, 2.05) is 31.5 Å². The van der Waals surface area contributed by atoms with Gasteiger partial charge in [-0.2, -0.15) is 16.4 Å². The Bertz CT molecular complexity index is 563. The zero-order valence-electron chi connectivity index (χ0n) is 12.7. The van der Waals surface area contributed by atoms with Crippen molar-refractivity contribution >= 4 is 17.2 Å². The molecule has 0 atom stereocenters. The molecule has 0 aliphatic rings. The van der Waals surface area contributed by atoms with Crippen molar-refractivity contribution in [2.45, 2.75) is 26.4 Å². The van der Waals surface area contributed by atoms with Crippen molar-refractivity contribution in [3.8, 4) is 0 Å². The van der Waals surface area contributed by atoms with Gasteiger partial charge in [-0.25, -0.2) is 0 Å². The minimum Gasteiger partial charge on any atom is -0.383 e. The molecule has 0 aliphatic carbocycles. The number of carbonyl (C=O) groups excluding carboxylic acids is 1. The van der Waals surface area contributed by atoms with E-state index in [9.17, 15) is 4.79 Å². The van der Waals surface area contributed by atoms with Gasteiger partial charge in [-0.3, -0.25) is 9.48 Å². The van der Waals surface area contributed by atoms with Gasteiger partial charge in [0.05, 0.1) is 6.61 Å². The van der Waals surface area contributed by atoms with Crippen LogP contribution in [-0.4, -0.2) is 40.8 Å². The fourth-order valence-corrected chi connectivity index (χ4v) is 2.62. The Morgan fingerprint density at radius 2 is 2.29 bits per heavy atom. The molecule has 0 N–H and O–H groups in total. The Hall–Kier alpha value is -1.66. The van der Waals surface area contributed by atoms with Gasteiger partial charge in [0.15, 0.2) is 0 Å². The average Bonchev–Trinajstić information content (AvgIpc) is 3.13. The highest BCUT2D eigenvalue weighted by atomic mass is 32.1. The second-order valence-electron chi connectivity index (χ2n) is 5.13. The number of amides is 1. The molecule has 0 spiro atoms. The minimum absolute atomic E-state index is 0.0577. The van der Waals surface area contributed by atoms with Crippen molar-refractivity contribution in [2.24, 2.45) is 0 Å². The molecule has 1 amide bonds. The lowest BCUT2D eigenvalue weighted by Crippen LogP contribution is -2.33. The van der Waals surface area contributed by atoms with E-state index in [1.54, 1.807) is 34.1 Å². The van der Waals surface area contributed by atoms with Crippen LogP contribution in [0.2, 0.25) is 0 Å². The van der Waals surface area contributed by atoms with E-state index in [-0.39, 0.29) is 11.9 Å². The van der Waals surface area contributed by atoms with Crippen LogP contribution in [0, 0.1) is 0 Å². The second-order valence-corrected chi connectivity index (χ2v) is 5.91. The number of ether oxygens (including phenoxy) is 1. The molecule has 2 aromatic rings. The summed E-state index contributed by atoms with van der Waals surface area (Å²) in [4.78, 5) is 14.4. The van der Waals surface area contributed by atoms with Crippen LogP contribution in [0.15, 0.2) is 29.1 Å². The molecule has 0 saturated carbocycles. The van der Waals surface area contributed by atoms with Crippen LogP contribution in [0.1, 0.15) is 35.9 Å². The predicted molar refractivity (Wildman–Crippen MR) is 83.5 cm³/mol. The molecule has 6 heteroatoms. The van der Waals surface area contributed by atoms with E-state index in [4.69, 9.17) is 4.74 Å². The topological polar surface area (TPSA) is 47.4 Å². The number of hydrogen-bond acceptors (Lipinski definition) is 4. The van der Waals surface area contributed by atoms with Crippen LogP contribution < -0.4 is 0 Å². The Labute approximate surface area is 129 Å². The molecule has 0 aliphatic heterocycles. The van der Waals surface area contributed by atoms with Crippen LogP contribution in [0.4, 0.5) is 0 Å². The van der Waals surface area contributed by atoms with Gasteiger partial charge in [0.2, 0.25) is 0 Å². The molecule has 0 bridgehead atoms. The Kier molecular flexibility index (Phi) is 5.52. The first-order valence-electron chi connectivity index (χ1n) is 6.96. The summed E-state index contributed by atoms with van der Waals surface area (Å²) in [6.07, 6.45) is 1.84. The molecular formula is C15H21N3O2S. The number of nitrogens with zero attached hydrogens (tertiary/aromatic N) is 3. The van der Waals surface area contributed by atoms with Gasteiger partial charge in [0.1, 0.15) is 5.69 Å². The number of hydrogen-bond donors (Lipinski definition) is 0. The lowest BCUT2D eigenvalue weighted by Gasteiger charge is -2.21. The Morgan fingerprint density at radius 1 is 1.48 bits per heavy atom. The summed E-state index contributed by atoms with van der Waals surface area (Å²) < 4.78 is 6.90. The molecule has 0 radical (unpaired) electrons. The first-order valence-corrected chi connectivity index (χ1v) is 7.90. The molecule has 0 saturated heterocycles. The van der Waals surface area contributed by atoms with E-state index in [0.717, 1.165) is 5.56 Å². The van der Waals surface area contributed by atoms with Gasteiger partial charge in [-0.15, -0.1) is 0 Å². The zero-order chi connectivity index (χ0) is 15.2. The molecule has 114 valence electrons. The number of carbonyl (C=O) groups is 1. The minimum atomic E-state index is -0.0577. The molecule has 0 aromatic carbocycles. The van der Waals surface area contributed by atoms with Crippen molar-refractivity contribution in [2.75, 3.05) is 20.3 Å². The van der Waals surface area contributed by atoms with Gasteiger partial charge in [0, 0.05) is 32.4 Å². The van der Waals surface area contributed by atoms with Gasteiger partial charge in [-0.1, -0.05) is 0 Å².